The average Bonchev–Trinajstić information content (AvgIpc) is 2.44. The van der Waals surface area contributed by atoms with E-state index >= 15 is 0 Å². The van der Waals surface area contributed by atoms with Crippen molar-refractivity contribution in [1.82, 2.24) is 9.97 Å². The van der Waals surface area contributed by atoms with E-state index in [4.69, 9.17) is 0 Å². The summed E-state index contributed by atoms with van der Waals surface area (Å²) in [4.78, 5) is 20.4. The van der Waals surface area contributed by atoms with E-state index in [1.165, 1.54) is 6.20 Å². The summed E-state index contributed by atoms with van der Waals surface area (Å²) in [5.74, 6) is 0.542. The highest BCUT2D eigenvalue weighted by atomic mass is 16.6. The molecule has 20 heavy (non-hydrogen) atoms. The van der Waals surface area contributed by atoms with Crippen molar-refractivity contribution in [2.75, 3.05) is 29.9 Å². The standard InChI is InChI=1S/C13H17N5O2/c1-4-7-14-12-11(18(19)20)10-15-13(16-12)17(8-5-2)9-6-3/h4-6,10H,1-3,7-9H2,(H,14,15,16). The van der Waals surface area contributed by atoms with Gasteiger partial charge in [-0.1, -0.05) is 18.2 Å². The smallest absolute Gasteiger partial charge is 0.329 e. The van der Waals surface area contributed by atoms with Gasteiger partial charge in [-0.05, 0) is 0 Å². The van der Waals surface area contributed by atoms with Crippen LogP contribution in [0.25, 0.3) is 0 Å². The van der Waals surface area contributed by atoms with E-state index < -0.39 is 4.92 Å². The van der Waals surface area contributed by atoms with Crippen molar-refractivity contribution in [3.63, 3.8) is 0 Å². The molecule has 0 aliphatic rings. The number of nitro groups is 1. The number of aromatic nitrogens is 2. The summed E-state index contributed by atoms with van der Waals surface area (Å²) in [7, 11) is 0. The third-order valence-corrected chi connectivity index (χ3v) is 2.35. The largest absolute Gasteiger partial charge is 0.361 e. The number of nitrogens with one attached hydrogen (secondary N) is 1. The Balaban J connectivity index is 3.14. The van der Waals surface area contributed by atoms with Gasteiger partial charge in [0, 0.05) is 19.6 Å². The molecule has 0 aliphatic carbocycles. The molecule has 0 saturated carbocycles. The molecule has 0 unspecified atom stereocenters. The summed E-state index contributed by atoms with van der Waals surface area (Å²) in [5, 5.41) is 13.8. The molecule has 1 heterocycles. The first-order chi connectivity index (χ1) is 9.63. The van der Waals surface area contributed by atoms with Crippen LogP contribution in [0.2, 0.25) is 0 Å². The Bertz CT molecular complexity index is 505. The fourth-order valence-corrected chi connectivity index (χ4v) is 1.50. The zero-order chi connectivity index (χ0) is 15.0. The minimum atomic E-state index is -0.527. The average molecular weight is 275 g/mol. The first-order valence-electron chi connectivity index (χ1n) is 5.97. The van der Waals surface area contributed by atoms with E-state index in [-0.39, 0.29) is 11.5 Å². The van der Waals surface area contributed by atoms with Gasteiger partial charge in [0.25, 0.3) is 0 Å². The monoisotopic (exact) mass is 275 g/mol. The van der Waals surface area contributed by atoms with Crippen LogP contribution in [0.3, 0.4) is 0 Å². The van der Waals surface area contributed by atoms with Crippen LogP contribution in [0.1, 0.15) is 0 Å². The molecular formula is C13H17N5O2. The van der Waals surface area contributed by atoms with Crippen LogP contribution < -0.4 is 10.2 Å². The first-order valence-corrected chi connectivity index (χ1v) is 5.97. The molecule has 1 N–H and O–H groups in total. The summed E-state index contributed by atoms with van der Waals surface area (Å²) in [6.45, 7) is 12.3. The number of anilines is 2. The summed E-state index contributed by atoms with van der Waals surface area (Å²) in [6, 6.07) is 0. The summed E-state index contributed by atoms with van der Waals surface area (Å²) >= 11 is 0. The lowest BCUT2D eigenvalue weighted by Gasteiger charge is -2.19. The Labute approximate surface area is 117 Å². The second kappa shape index (κ2) is 7.67. The maximum absolute atomic E-state index is 10.9. The zero-order valence-corrected chi connectivity index (χ0v) is 11.2. The minimum Gasteiger partial charge on any atom is -0.361 e. The van der Waals surface area contributed by atoms with Gasteiger partial charge in [0.15, 0.2) is 0 Å². The normalized spacial score (nSPS) is 9.60. The maximum Gasteiger partial charge on any atom is 0.329 e. The van der Waals surface area contributed by atoms with Gasteiger partial charge in [0.1, 0.15) is 6.20 Å². The lowest BCUT2D eigenvalue weighted by molar-refractivity contribution is -0.384. The van der Waals surface area contributed by atoms with Crippen molar-refractivity contribution < 1.29 is 4.92 Å². The minimum absolute atomic E-state index is 0.165. The van der Waals surface area contributed by atoms with Crippen LogP contribution in [0.4, 0.5) is 17.5 Å². The van der Waals surface area contributed by atoms with Gasteiger partial charge in [-0.2, -0.15) is 4.98 Å². The van der Waals surface area contributed by atoms with Crippen LogP contribution in [-0.2, 0) is 0 Å². The lowest BCUT2D eigenvalue weighted by atomic mass is 10.4. The molecular weight excluding hydrogens is 258 g/mol. The van der Waals surface area contributed by atoms with Gasteiger partial charge in [-0.3, -0.25) is 10.1 Å². The molecule has 7 heteroatoms. The highest BCUT2D eigenvalue weighted by molar-refractivity contribution is 5.57. The molecule has 1 aromatic heterocycles. The maximum atomic E-state index is 10.9. The number of hydrogen-bond acceptors (Lipinski definition) is 6. The molecule has 1 aromatic rings. The van der Waals surface area contributed by atoms with E-state index in [0.717, 1.165) is 0 Å². The van der Waals surface area contributed by atoms with Crippen LogP contribution in [0, 0.1) is 10.1 Å². The Hall–Kier alpha value is -2.70. The summed E-state index contributed by atoms with van der Waals surface area (Å²) in [5.41, 5.74) is -0.173. The fraction of sp³-hybridized carbons (Fsp3) is 0.231. The van der Waals surface area contributed by atoms with Gasteiger partial charge < -0.3 is 10.2 Å². The van der Waals surface area contributed by atoms with Gasteiger partial charge in [0.05, 0.1) is 4.92 Å². The second-order valence-corrected chi connectivity index (χ2v) is 3.81. The quantitative estimate of drug-likeness (QED) is 0.422. The topological polar surface area (TPSA) is 84.2 Å². The Morgan fingerprint density at radius 1 is 1.30 bits per heavy atom. The Morgan fingerprint density at radius 3 is 2.45 bits per heavy atom. The molecule has 0 fully saturated rings. The molecule has 0 aromatic carbocycles. The van der Waals surface area contributed by atoms with E-state index in [9.17, 15) is 10.1 Å². The summed E-state index contributed by atoms with van der Waals surface area (Å²) < 4.78 is 0. The molecule has 0 bridgehead atoms. The van der Waals surface area contributed by atoms with Gasteiger partial charge in [0.2, 0.25) is 11.8 Å². The molecule has 0 saturated heterocycles. The Morgan fingerprint density at radius 2 is 1.95 bits per heavy atom. The summed E-state index contributed by atoms with van der Waals surface area (Å²) in [6.07, 6.45) is 6.18. The highest BCUT2D eigenvalue weighted by Crippen LogP contribution is 2.23. The molecule has 0 radical (unpaired) electrons. The van der Waals surface area contributed by atoms with Crippen LogP contribution in [0.5, 0.6) is 0 Å². The Kier molecular flexibility index (Phi) is 5.89. The molecule has 7 nitrogen and oxygen atoms in total. The van der Waals surface area contributed by atoms with Crippen molar-refractivity contribution in [3.8, 4) is 0 Å². The lowest BCUT2D eigenvalue weighted by Crippen LogP contribution is -2.25. The molecule has 0 aliphatic heterocycles. The predicted molar refractivity (Wildman–Crippen MR) is 80.0 cm³/mol. The molecule has 0 amide bonds. The predicted octanol–water partition coefficient (Wildman–Crippen LogP) is 2.16. The van der Waals surface area contributed by atoms with Crippen LogP contribution in [0.15, 0.2) is 44.2 Å². The SMILES string of the molecule is C=CCNc1nc(N(CC=C)CC=C)ncc1[N+](=O)[O-]. The van der Waals surface area contributed by atoms with Gasteiger partial charge >= 0.3 is 5.69 Å². The molecule has 1 rings (SSSR count). The van der Waals surface area contributed by atoms with Crippen molar-refractivity contribution in [1.29, 1.82) is 0 Å². The van der Waals surface area contributed by atoms with Crippen molar-refractivity contribution >= 4 is 17.5 Å². The third kappa shape index (κ3) is 3.91. The van der Waals surface area contributed by atoms with Gasteiger partial charge in [-0.25, -0.2) is 4.98 Å². The van der Waals surface area contributed by atoms with E-state index in [1.54, 1.807) is 23.1 Å². The van der Waals surface area contributed by atoms with E-state index in [0.29, 0.717) is 25.6 Å². The fourth-order valence-electron chi connectivity index (χ4n) is 1.50. The number of nitrogens with zero attached hydrogens (tertiary/aromatic N) is 4. The van der Waals surface area contributed by atoms with Crippen molar-refractivity contribution in [2.24, 2.45) is 0 Å². The zero-order valence-electron chi connectivity index (χ0n) is 11.2. The van der Waals surface area contributed by atoms with E-state index in [2.05, 4.69) is 35.0 Å². The molecule has 0 spiro atoms. The number of hydrogen-bond donors (Lipinski definition) is 1. The first kappa shape index (κ1) is 15.4. The molecule has 0 atom stereocenters. The van der Waals surface area contributed by atoms with Crippen molar-refractivity contribution in [2.45, 2.75) is 0 Å². The van der Waals surface area contributed by atoms with Crippen LogP contribution >= 0.6 is 0 Å². The highest BCUT2D eigenvalue weighted by Gasteiger charge is 2.18. The van der Waals surface area contributed by atoms with Gasteiger partial charge in [-0.15, -0.1) is 19.7 Å². The van der Waals surface area contributed by atoms with Crippen molar-refractivity contribution in [3.05, 3.63) is 54.3 Å². The van der Waals surface area contributed by atoms with Crippen LogP contribution in [-0.4, -0.2) is 34.5 Å². The second-order valence-electron chi connectivity index (χ2n) is 3.81. The molecule has 106 valence electrons. The number of rotatable bonds is 9. The van der Waals surface area contributed by atoms with E-state index in [1.807, 2.05) is 0 Å². The third-order valence-electron chi connectivity index (χ3n) is 2.35.